The zero-order chi connectivity index (χ0) is 26.7. The van der Waals surface area contributed by atoms with E-state index in [2.05, 4.69) is 4.98 Å². The first-order valence-electron chi connectivity index (χ1n) is 12.2. The minimum Gasteiger partial charge on any atom is -0.493 e. The molecule has 2 aromatic rings. The van der Waals surface area contributed by atoms with Gasteiger partial charge in [-0.25, -0.2) is 0 Å². The van der Waals surface area contributed by atoms with Crippen LogP contribution in [0.5, 0.6) is 23.3 Å². The molecule has 1 aromatic carbocycles. The number of carbonyl (C=O) groups excluding carboxylic acids is 2. The number of methoxy groups -OCH3 is 4. The van der Waals surface area contributed by atoms with E-state index in [1.165, 1.54) is 14.2 Å². The first-order chi connectivity index (χ1) is 17.8. The van der Waals surface area contributed by atoms with Gasteiger partial charge in [-0.05, 0) is 37.1 Å². The molecule has 0 saturated carbocycles. The number of hydrogen-bond acceptors (Lipinski definition) is 9. The van der Waals surface area contributed by atoms with Crippen molar-refractivity contribution in [1.82, 2.24) is 14.9 Å². The zero-order valence-electron chi connectivity index (χ0n) is 22.2. The molecule has 0 spiro atoms. The number of benzene rings is 1. The molecule has 0 bridgehead atoms. The maximum absolute atomic E-state index is 13.2. The number of piperidine rings is 1. The molecule has 1 fully saturated rings. The molecule has 37 heavy (non-hydrogen) atoms. The Kier molecular flexibility index (Phi) is 7.56. The van der Waals surface area contributed by atoms with E-state index in [1.54, 1.807) is 31.3 Å². The maximum atomic E-state index is 13.2. The van der Waals surface area contributed by atoms with Gasteiger partial charge in [-0.3, -0.25) is 9.80 Å². The Morgan fingerprint density at radius 2 is 1.68 bits per heavy atom. The van der Waals surface area contributed by atoms with Crippen molar-refractivity contribution < 1.29 is 28.5 Å². The van der Waals surface area contributed by atoms with E-state index in [1.807, 2.05) is 37.1 Å². The molecule has 198 valence electrons. The van der Waals surface area contributed by atoms with Crippen LogP contribution in [0.4, 0.5) is 0 Å². The quantitative estimate of drug-likeness (QED) is 0.500. The van der Waals surface area contributed by atoms with E-state index >= 15 is 0 Å². The topological polar surface area (TPSA) is 103 Å². The number of hydrazone groups is 1. The number of aromatic nitrogens is 1. The fourth-order valence-corrected chi connectivity index (χ4v) is 5.09. The Hall–Kier alpha value is -3.82. The highest BCUT2D eigenvalue weighted by Crippen LogP contribution is 2.40. The largest absolute Gasteiger partial charge is 0.493 e. The number of aldehydes is 1. The predicted molar refractivity (Wildman–Crippen MR) is 138 cm³/mol. The number of ether oxygens (including phenoxy) is 4. The number of carbonyl (C=O) groups is 2. The maximum Gasteiger partial charge on any atom is 0.259 e. The number of amides is 1. The van der Waals surface area contributed by atoms with Crippen LogP contribution in [-0.2, 0) is 4.79 Å². The monoisotopic (exact) mass is 510 g/mol. The van der Waals surface area contributed by atoms with Crippen LogP contribution >= 0.6 is 0 Å². The summed E-state index contributed by atoms with van der Waals surface area (Å²) >= 11 is 0. The van der Waals surface area contributed by atoms with Crippen LogP contribution in [0, 0.1) is 5.41 Å². The minimum atomic E-state index is -0.517. The average Bonchev–Trinajstić information content (AvgIpc) is 3.21. The van der Waals surface area contributed by atoms with Gasteiger partial charge in [0.2, 0.25) is 11.8 Å². The zero-order valence-corrected chi connectivity index (χ0v) is 22.2. The van der Waals surface area contributed by atoms with Crippen LogP contribution < -0.4 is 18.9 Å². The van der Waals surface area contributed by atoms with Gasteiger partial charge in [0, 0.05) is 30.1 Å². The van der Waals surface area contributed by atoms with Crippen molar-refractivity contribution in [3.8, 4) is 23.3 Å². The fraction of sp³-hybridized carbons (Fsp3) is 0.481. The summed E-state index contributed by atoms with van der Waals surface area (Å²) in [5.41, 5.74) is 1.57. The smallest absolute Gasteiger partial charge is 0.259 e. The van der Waals surface area contributed by atoms with Gasteiger partial charge in [0.15, 0.2) is 11.5 Å². The molecule has 0 aliphatic carbocycles. The summed E-state index contributed by atoms with van der Waals surface area (Å²) < 4.78 is 21.3. The highest BCUT2D eigenvalue weighted by atomic mass is 16.5. The van der Waals surface area contributed by atoms with Crippen molar-refractivity contribution in [3.63, 3.8) is 0 Å². The lowest BCUT2D eigenvalue weighted by Gasteiger charge is -2.39. The van der Waals surface area contributed by atoms with Gasteiger partial charge >= 0.3 is 0 Å². The van der Waals surface area contributed by atoms with E-state index in [-0.39, 0.29) is 17.8 Å². The number of likely N-dealkylation sites (tertiary alicyclic amines) is 1. The summed E-state index contributed by atoms with van der Waals surface area (Å²) in [6, 6.07) is 8.59. The van der Waals surface area contributed by atoms with Gasteiger partial charge in [-0.1, -0.05) is 13.8 Å². The summed E-state index contributed by atoms with van der Waals surface area (Å²) in [6.07, 6.45) is 2.34. The van der Waals surface area contributed by atoms with Gasteiger partial charge in [0.05, 0.1) is 40.2 Å². The molecular weight excluding hydrogens is 476 g/mol. The third kappa shape index (κ3) is 4.80. The summed E-state index contributed by atoms with van der Waals surface area (Å²) in [6.45, 7) is 5.12. The van der Waals surface area contributed by atoms with Gasteiger partial charge in [0.25, 0.3) is 5.91 Å². The third-order valence-electron chi connectivity index (χ3n) is 7.23. The molecule has 1 amide bonds. The molecule has 0 radical (unpaired) electrons. The number of pyridine rings is 1. The molecule has 3 heterocycles. The molecule has 0 N–H and O–H groups in total. The molecule has 2 aliphatic heterocycles. The first kappa shape index (κ1) is 26.2. The van der Waals surface area contributed by atoms with E-state index in [4.69, 9.17) is 24.0 Å². The van der Waals surface area contributed by atoms with Crippen molar-refractivity contribution in [2.45, 2.75) is 38.8 Å². The van der Waals surface area contributed by atoms with Crippen molar-refractivity contribution in [1.29, 1.82) is 0 Å². The van der Waals surface area contributed by atoms with Gasteiger partial charge in [-0.2, -0.15) is 10.1 Å². The van der Waals surface area contributed by atoms with Crippen molar-refractivity contribution in [3.05, 3.63) is 41.5 Å². The molecule has 1 atom stereocenters. The molecule has 10 nitrogen and oxygen atoms in total. The van der Waals surface area contributed by atoms with Crippen LogP contribution in [0.2, 0.25) is 0 Å². The molecule has 2 aliphatic rings. The van der Waals surface area contributed by atoms with E-state index in [0.29, 0.717) is 48.9 Å². The van der Waals surface area contributed by atoms with Crippen LogP contribution in [-0.4, -0.2) is 86.4 Å². The summed E-state index contributed by atoms with van der Waals surface area (Å²) in [5.74, 6) is 1.71. The lowest BCUT2D eigenvalue weighted by Crippen LogP contribution is -2.50. The summed E-state index contributed by atoms with van der Waals surface area (Å²) in [7, 11) is 6.18. The number of hydrogen-bond donors (Lipinski definition) is 0. The predicted octanol–water partition coefficient (Wildman–Crippen LogP) is 3.03. The van der Waals surface area contributed by atoms with Crippen LogP contribution in [0.25, 0.3) is 0 Å². The number of rotatable bonds is 8. The first-order valence-corrected chi connectivity index (χ1v) is 12.2. The highest BCUT2D eigenvalue weighted by molar-refractivity contribution is 6.07. The molecule has 4 rings (SSSR count). The van der Waals surface area contributed by atoms with Crippen molar-refractivity contribution >= 4 is 17.9 Å². The van der Waals surface area contributed by atoms with Crippen LogP contribution in [0.15, 0.2) is 35.4 Å². The number of nitrogens with zero attached hydrogens (tertiary/aromatic N) is 4. The lowest BCUT2D eigenvalue weighted by atomic mass is 9.78. The highest BCUT2D eigenvalue weighted by Gasteiger charge is 2.47. The normalized spacial score (nSPS) is 19.3. The molecule has 1 saturated heterocycles. The van der Waals surface area contributed by atoms with Gasteiger partial charge in [-0.15, -0.1) is 0 Å². The Morgan fingerprint density at radius 1 is 0.973 bits per heavy atom. The Balaban J connectivity index is 1.53. The molecule has 1 aromatic heterocycles. The van der Waals surface area contributed by atoms with Crippen LogP contribution in [0.3, 0.4) is 0 Å². The Morgan fingerprint density at radius 3 is 2.27 bits per heavy atom. The van der Waals surface area contributed by atoms with Crippen LogP contribution in [0.1, 0.15) is 42.6 Å². The molecule has 10 heteroatoms. The van der Waals surface area contributed by atoms with E-state index < -0.39 is 11.5 Å². The SMILES string of the molecule is COc1ccc(C(=O)N2CCC(N3N=C(c4ccc(OC)c(OC)c4)C(C)(C)C3C=O)CC2)c(OC)n1. The van der Waals surface area contributed by atoms with Crippen molar-refractivity contribution in [2.75, 3.05) is 41.5 Å². The fourth-order valence-electron chi connectivity index (χ4n) is 5.09. The van der Waals surface area contributed by atoms with Crippen molar-refractivity contribution in [2.24, 2.45) is 10.5 Å². The van der Waals surface area contributed by atoms with Gasteiger partial charge in [0.1, 0.15) is 17.9 Å². The van der Waals surface area contributed by atoms with E-state index in [0.717, 1.165) is 17.6 Å². The Bertz CT molecular complexity index is 1190. The molecular formula is C27H34N4O6. The molecule has 1 unspecified atom stereocenters. The minimum absolute atomic E-state index is 0.0204. The van der Waals surface area contributed by atoms with Gasteiger partial charge < -0.3 is 28.6 Å². The summed E-state index contributed by atoms with van der Waals surface area (Å²) in [4.78, 5) is 31.5. The second-order valence-electron chi connectivity index (χ2n) is 9.63. The second-order valence-corrected chi connectivity index (χ2v) is 9.63. The van der Waals surface area contributed by atoms with E-state index in [9.17, 15) is 9.59 Å². The Labute approximate surface area is 217 Å². The second kappa shape index (κ2) is 10.7. The average molecular weight is 511 g/mol. The standard InChI is InChI=1S/C27H34N4O6/c1-27(2)22(16-32)31(29-24(27)17-7-9-20(34-3)21(15-17)35-4)18-11-13-30(14-12-18)26(33)19-8-10-23(36-5)28-25(19)37-6/h7-10,15-16,18,22H,11-14H2,1-6H3. The lowest BCUT2D eigenvalue weighted by molar-refractivity contribution is -0.115. The third-order valence-corrected chi connectivity index (χ3v) is 7.23. The summed E-state index contributed by atoms with van der Waals surface area (Å²) in [5, 5.41) is 6.89.